The molecule has 162 valence electrons. The van der Waals surface area contributed by atoms with Gasteiger partial charge in [0, 0.05) is 29.0 Å². The number of phenolic OH excluding ortho intramolecular Hbond substituents is 1. The van der Waals surface area contributed by atoms with Crippen LogP contribution in [0.15, 0.2) is 36.7 Å². The fraction of sp³-hybridized carbons (Fsp3) is 0.458. The van der Waals surface area contributed by atoms with Gasteiger partial charge in [0.15, 0.2) is 0 Å². The molecule has 2 bridgehead atoms. The van der Waals surface area contributed by atoms with E-state index in [1.165, 1.54) is 44.0 Å². The molecule has 0 amide bonds. The number of fused-ring (bicyclic) bond motifs is 2. The molecule has 5 rings (SSSR count). The highest BCUT2D eigenvalue weighted by Crippen LogP contribution is 2.55. The highest BCUT2D eigenvalue weighted by atomic mass is 19.1. The monoisotopic (exact) mass is 422 g/mol. The first kappa shape index (κ1) is 20.0. The lowest BCUT2D eigenvalue weighted by atomic mass is 9.55. The number of hydrogen-bond donors (Lipinski definition) is 2. The number of benzene rings is 1. The summed E-state index contributed by atoms with van der Waals surface area (Å²) in [6, 6.07) is 6.11. The van der Waals surface area contributed by atoms with Gasteiger partial charge in [-0.05, 0) is 61.1 Å². The van der Waals surface area contributed by atoms with Crippen molar-refractivity contribution in [3.05, 3.63) is 42.5 Å². The lowest BCUT2D eigenvalue weighted by molar-refractivity contribution is -0.0421. The van der Waals surface area contributed by atoms with Crippen molar-refractivity contribution in [1.82, 2.24) is 20.4 Å². The lowest BCUT2D eigenvalue weighted by Crippen LogP contribution is -2.45. The molecule has 3 atom stereocenters. The average Bonchev–Trinajstić information content (AvgIpc) is 3.23. The number of H-pyrrole nitrogens is 1. The molecule has 2 heterocycles. The Kier molecular flexibility index (Phi) is 4.72. The summed E-state index contributed by atoms with van der Waals surface area (Å²) < 4.78 is 20.8. The highest BCUT2D eigenvalue weighted by Gasteiger charge is 2.47. The average molecular weight is 423 g/mol. The molecule has 2 N–H and O–H groups in total. The van der Waals surface area contributed by atoms with Crippen LogP contribution in [-0.4, -0.2) is 31.6 Å². The topological polar surface area (TPSA) is 83.9 Å². The third kappa shape index (κ3) is 3.89. The van der Waals surface area contributed by atoms with Crippen LogP contribution in [0.3, 0.4) is 0 Å². The highest BCUT2D eigenvalue weighted by molar-refractivity contribution is 5.74. The maximum absolute atomic E-state index is 14.6. The zero-order valence-corrected chi connectivity index (χ0v) is 17.9. The van der Waals surface area contributed by atoms with Crippen molar-refractivity contribution in [3.8, 4) is 34.0 Å². The van der Waals surface area contributed by atoms with Gasteiger partial charge in [-0.2, -0.15) is 5.10 Å². The van der Waals surface area contributed by atoms with Crippen molar-refractivity contribution in [3.63, 3.8) is 0 Å². The Morgan fingerprint density at radius 3 is 2.52 bits per heavy atom. The SMILES string of the molecule is C[C@]12CCC[C@](C)(CC(Oc3ccc(-c4cc(F)c(-c5cn[nH]c5)cc4O)nn3)C1)C2. The van der Waals surface area contributed by atoms with Crippen molar-refractivity contribution in [2.45, 2.75) is 58.5 Å². The number of hydrogen-bond acceptors (Lipinski definition) is 5. The number of rotatable bonds is 4. The summed E-state index contributed by atoms with van der Waals surface area (Å²) in [6.07, 6.45) is 10.4. The fourth-order valence-corrected chi connectivity index (χ4v) is 5.84. The molecular weight excluding hydrogens is 395 g/mol. The first-order chi connectivity index (χ1) is 14.8. The second kappa shape index (κ2) is 7.32. The van der Waals surface area contributed by atoms with E-state index in [2.05, 4.69) is 34.2 Å². The zero-order chi connectivity index (χ0) is 21.6. The molecule has 2 fully saturated rings. The third-order valence-corrected chi connectivity index (χ3v) is 6.95. The molecular formula is C24H27FN4O2. The number of nitrogens with zero attached hydrogens (tertiary/aromatic N) is 3. The quantitative estimate of drug-likeness (QED) is 0.579. The van der Waals surface area contributed by atoms with Gasteiger partial charge in [0.1, 0.15) is 17.7 Å². The summed E-state index contributed by atoms with van der Waals surface area (Å²) in [5.74, 6) is -0.0658. The second-order valence-corrected chi connectivity index (χ2v) is 9.89. The maximum atomic E-state index is 14.6. The van der Waals surface area contributed by atoms with E-state index >= 15 is 0 Å². The van der Waals surface area contributed by atoms with E-state index in [-0.39, 0.29) is 23.0 Å². The summed E-state index contributed by atoms with van der Waals surface area (Å²) in [7, 11) is 0. The van der Waals surface area contributed by atoms with Crippen LogP contribution in [0.4, 0.5) is 4.39 Å². The van der Waals surface area contributed by atoms with Crippen LogP contribution in [-0.2, 0) is 0 Å². The summed E-state index contributed by atoms with van der Waals surface area (Å²) in [5.41, 5.74) is 2.19. The summed E-state index contributed by atoms with van der Waals surface area (Å²) in [6.45, 7) is 4.75. The fourth-order valence-electron chi connectivity index (χ4n) is 5.84. The molecule has 1 aromatic carbocycles. The van der Waals surface area contributed by atoms with E-state index in [0.717, 1.165) is 12.8 Å². The predicted octanol–water partition coefficient (Wildman–Crippen LogP) is 5.51. The van der Waals surface area contributed by atoms with Crippen LogP contribution in [0.25, 0.3) is 22.4 Å². The molecule has 0 aliphatic heterocycles. The first-order valence-electron chi connectivity index (χ1n) is 10.9. The smallest absolute Gasteiger partial charge is 0.233 e. The standard InChI is InChI=1S/C24H27FN4O2/c1-23-6-3-7-24(2,14-23)11-16(10-23)31-22-5-4-20(28-29-22)18-8-19(25)17(9-21(18)30)15-12-26-27-13-15/h4-5,8-9,12-13,16,30H,3,6-7,10-11,14H2,1-2H3,(H,26,27)/t16?,23-,24+. The number of aromatic amines is 1. The van der Waals surface area contributed by atoms with E-state index in [1.54, 1.807) is 18.3 Å². The van der Waals surface area contributed by atoms with Gasteiger partial charge in [-0.3, -0.25) is 5.10 Å². The minimum absolute atomic E-state index is 0.0680. The van der Waals surface area contributed by atoms with Gasteiger partial charge in [0.05, 0.1) is 11.9 Å². The molecule has 0 saturated heterocycles. The second-order valence-electron chi connectivity index (χ2n) is 9.89. The van der Waals surface area contributed by atoms with Crippen LogP contribution >= 0.6 is 0 Å². The van der Waals surface area contributed by atoms with Crippen molar-refractivity contribution in [1.29, 1.82) is 0 Å². The molecule has 2 aliphatic carbocycles. The maximum Gasteiger partial charge on any atom is 0.233 e. The van der Waals surface area contributed by atoms with Crippen molar-refractivity contribution < 1.29 is 14.2 Å². The Bertz CT molecular complexity index is 1070. The Balaban J connectivity index is 1.34. The van der Waals surface area contributed by atoms with Gasteiger partial charge < -0.3 is 9.84 Å². The van der Waals surface area contributed by atoms with Crippen LogP contribution in [0.5, 0.6) is 11.6 Å². The lowest BCUT2D eigenvalue weighted by Gasteiger charge is -2.51. The molecule has 1 unspecified atom stereocenters. The summed E-state index contributed by atoms with van der Waals surface area (Å²) in [4.78, 5) is 0. The Hall–Kier alpha value is -2.96. The Morgan fingerprint density at radius 1 is 1.10 bits per heavy atom. The molecule has 2 saturated carbocycles. The molecule has 3 aromatic rings. The minimum atomic E-state index is -0.466. The van der Waals surface area contributed by atoms with Gasteiger partial charge in [-0.1, -0.05) is 20.3 Å². The first-order valence-corrected chi connectivity index (χ1v) is 10.9. The van der Waals surface area contributed by atoms with E-state index in [4.69, 9.17) is 4.74 Å². The van der Waals surface area contributed by atoms with E-state index in [0.29, 0.717) is 28.0 Å². The van der Waals surface area contributed by atoms with Gasteiger partial charge in [0.25, 0.3) is 0 Å². The zero-order valence-electron chi connectivity index (χ0n) is 17.9. The van der Waals surface area contributed by atoms with Gasteiger partial charge >= 0.3 is 0 Å². The molecule has 6 nitrogen and oxygen atoms in total. The number of aromatic hydroxyl groups is 1. The minimum Gasteiger partial charge on any atom is -0.507 e. The number of phenols is 1. The number of ether oxygens (including phenoxy) is 1. The van der Waals surface area contributed by atoms with Gasteiger partial charge in [-0.15, -0.1) is 10.2 Å². The molecule has 2 aromatic heterocycles. The predicted molar refractivity (Wildman–Crippen MR) is 115 cm³/mol. The number of aromatic nitrogens is 4. The van der Waals surface area contributed by atoms with Crippen LogP contribution in [0.2, 0.25) is 0 Å². The van der Waals surface area contributed by atoms with Crippen LogP contribution in [0, 0.1) is 16.6 Å². The van der Waals surface area contributed by atoms with Gasteiger partial charge in [-0.25, -0.2) is 4.39 Å². The summed E-state index contributed by atoms with van der Waals surface area (Å²) in [5, 5.41) is 25.3. The van der Waals surface area contributed by atoms with Gasteiger partial charge in [0.2, 0.25) is 5.88 Å². The van der Waals surface area contributed by atoms with Crippen LogP contribution in [0.1, 0.15) is 52.4 Å². The molecule has 2 aliphatic rings. The largest absolute Gasteiger partial charge is 0.507 e. The van der Waals surface area contributed by atoms with Crippen molar-refractivity contribution in [2.24, 2.45) is 10.8 Å². The van der Waals surface area contributed by atoms with E-state index < -0.39 is 5.82 Å². The normalized spacial score (nSPS) is 27.8. The van der Waals surface area contributed by atoms with Crippen molar-refractivity contribution >= 4 is 0 Å². The molecule has 0 spiro atoms. The van der Waals surface area contributed by atoms with Crippen molar-refractivity contribution in [2.75, 3.05) is 0 Å². The van der Waals surface area contributed by atoms with Crippen LogP contribution < -0.4 is 4.74 Å². The molecule has 7 heteroatoms. The Labute approximate surface area is 180 Å². The summed E-state index contributed by atoms with van der Waals surface area (Å²) >= 11 is 0. The van der Waals surface area contributed by atoms with E-state index in [1.807, 2.05) is 0 Å². The Morgan fingerprint density at radius 2 is 1.87 bits per heavy atom. The molecule has 31 heavy (non-hydrogen) atoms. The number of nitrogens with one attached hydrogen (secondary N) is 1. The van der Waals surface area contributed by atoms with E-state index in [9.17, 15) is 9.50 Å². The molecule has 0 radical (unpaired) electrons. The number of halogens is 1. The third-order valence-electron chi connectivity index (χ3n) is 6.95.